The quantitative estimate of drug-likeness (QED) is 0.777. The summed E-state index contributed by atoms with van der Waals surface area (Å²) in [6.45, 7) is 0.173. The van der Waals surface area contributed by atoms with E-state index in [-0.39, 0.29) is 11.5 Å². The van der Waals surface area contributed by atoms with Crippen LogP contribution < -0.4 is 4.74 Å². The first-order valence-electron chi connectivity index (χ1n) is 5.66. The van der Waals surface area contributed by atoms with Crippen LogP contribution in [0.15, 0.2) is 39.6 Å². The van der Waals surface area contributed by atoms with Crippen LogP contribution >= 0.6 is 22.7 Å². The number of nitrogens with zero attached hydrogens (tertiary/aromatic N) is 1. The van der Waals surface area contributed by atoms with Crippen molar-refractivity contribution in [2.45, 2.75) is 6.61 Å². The monoisotopic (exact) mass is 307 g/mol. The summed E-state index contributed by atoms with van der Waals surface area (Å²) in [6.07, 6.45) is 1.52. The van der Waals surface area contributed by atoms with Gasteiger partial charge >= 0.3 is 5.97 Å². The van der Waals surface area contributed by atoms with E-state index in [1.54, 1.807) is 11.4 Å². The van der Waals surface area contributed by atoms with Crippen molar-refractivity contribution in [2.24, 2.45) is 0 Å². The lowest BCUT2D eigenvalue weighted by Crippen LogP contribution is -2.00. The minimum absolute atomic E-state index is 0.173. The molecule has 102 valence electrons. The molecule has 5 nitrogen and oxygen atoms in total. The van der Waals surface area contributed by atoms with E-state index in [9.17, 15) is 4.79 Å². The molecule has 3 aromatic rings. The van der Waals surface area contributed by atoms with Crippen molar-refractivity contribution < 1.29 is 19.1 Å². The average molecular weight is 307 g/mol. The maximum atomic E-state index is 11.0. The molecular formula is C13H9NO4S2. The zero-order chi connectivity index (χ0) is 13.9. The molecule has 3 heterocycles. The van der Waals surface area contributed by atoms with E-state index >= 15 is 0 Å². The summed E-state index contributed by atoms with van der Waals surface area (Å²) in [5, 5.41) is 12.6. The Labute approximate surface area is 122 Å². The van der Waals surface area contributed by atoms with Gasteiger partial charge in [0.2, 0.25) is 5.89 Å². The van der Waals surface area contributed by atoms with E-state index in [0.29, 0.717) is 17.3 Å². The number of hydrogen-bond acceptors (Lipinski definition) is 6. The smallest absolute Gasteiger partial charge is 0.349 e. The summed E-state index contributed by atoms with van der Waals surface area (Å²) in [4.78, 5) is 16.4. The summed E-state index contributed by atoms with van der Waals surface area (Å²) in [5.74, 6) is -0.0972. The third-order valence-corrected chi connectivity index (χ3v) is 4.22. The molecule has 0 bridgehead atoms. The second-order valence-electron chi connectivity index (χ2n) is 3.83. The van der Waals surface area contributed by atoms with Crippen LogP contribution in [0.5, 0.6) is 5.75 Å². The Kier molecular flexibility index (Phi) is 3.53. The largest absolute Gasteiger partial charge is 0.485 e. The average Bonchev–Trinajstić information content (AvgIpc) is 3.16. The zero-order valence-electron chi connectivity index (χ0n) is 10.1. The van der Waals surface area contributed by atoms with Crippen molar-refractivity contribution in [3.63, 3.8) is 0 Å². The molecule has 0 amide bonds. The molecule has 3 aromatic heterocycles. The Morgan fingerprint density at radius 3 is 3.00 bits per heavy atom. The third-order valence-electron chi connectivity index (χ3n) is 2.48. The SMILES string of the molecule is O=C(O)c1sccc1OCc1coc(-c2cccs2)n1. The predicted octanol–water partition coefficient (Wildman–Crippen LogP) is 3.74. The number of aromatic carboxylic acids is 1. The molecule has 7 heteroatoms. The molecule has 1 N–H and O–H groups in total. The number of ether oxygens (including phenoxy) is 1. The molecule has 0 unspecified atom stereocenters. The van der Waals surface area contributed by atoms with Crippen molar-refractivity contribution >= 4 is 28.6 Å². The Morgan fingerprint density at radius 1 is 1.35 bits per heavy atom. The molecule has 0 aliphatic heterocycles. The normalized spacial score (nSPS) is 10.6. The van der Waals surface area contributed by atoms with Crippen molar-refractivity contribution in [2.75, 3.05) is 0 Å². The highest BCUT2D eigenvalue weighted by atomic mass is 32.1. The lowest BCUT2D eigenvalue weighted by Gasteiger charge is -2.01. The van der Waals surface area contributed by atoms with E-state index in [0.717, 1.165) is 16.2 Å². The van der Waals surface area contributed by atoms with Crippen molar-refractivity contribution in [1.82, 2.24) is 4.98 Å². The van der Waals surface area contributed by atoms with Gasteiger partial charge in [0, 0.05) is 0 Å². The Morgan fingerprint density at radius 2 is 2.25 bits per heavy atom. The minimum atomic E-state index is -0.991. The maximum absolute atomic E-state index is 11.0. The van der Waals surface area contributed by atoms with Gasteiger partial charge in [-0.1, -0.05) is 6.07 Å². The number of carboxylic acids is 1. The number of carbonyl (C=O) groups is 1. The lowest BCUT2D eigenvalue weighted by molar-refractivity contribution is 0.0697. The van der Waals surface area contributed by atoms with E-state index in [1.165, 1.54) is 17.6 Å². The fourth-order valence-corrected chi connectivity index (χ4v) is 2.93. The standard InChI is InChI=1S/C13H9NO4S2/c15-13(16)11-9(3-5-20-11)17-6-8-7-18-12(14-8)10-2-1-4-19-10/h1-5,7H,6H2,(H,15,16). The molecule has 0 saturated carbocycles. The summed E-state index contributed by atoms with van der Waals surface area (Å²) in [7, 11) is 0. The first-order valence-corrected chi connectivity index (χ1v) is 7.42. The van der Waals surface area contributed by atoms with E-state index in [2.05, 4.69) is 4.98 Å². The Balaban J connectivity index is 1.70. The molecular weight excluding hydrogens is 298 g/mol. The highest BCUT2D eigenvalue weighted by Crippen LogP contribution is 2.27. The number of aromatic nitrogens is 1. The number of rotatable bonds is 5. The van der Waals surface area contributed by atoms with Crippen molar-refractivity contribution in [3.8, 4) is 16.5 Å². The molecule has 0 aliphatic carbocycles. The van der Waals surface area contributed by atoms with Gasteiger partial charge in [0.1, 0.15) is 24.3 Å². The van der Waals surface area contributed by atoms with Crippen LogP contribution in [0.25, 0.3) is 10.8 Å². The number of thiophene rings is 2. The van der Waals surface area contributed by atoms with Crippen molar-refractivity contribution in [3.05, 3.63) is 45.8 Å². The summed E-state index contributed by atoms with van der Waals surface area (Å²) >= 11 is 2.67. The molecule has 20 heavy (non-hydrogen) atoms. The molecule has 3 rings (SSSR count). The van der Waals surface area contributed by atoms with Crippen molar-refractivity contribution in [1.29, 1.82) is 0 Å². The van der Waals surface area contributed by atoms with Crippen LogP contribution in [0.3, 0.4) is 0 Å². The van der Waals surface area contributed by atoms with Gasteiger partial charge in [-0.15, -0.1) is 22.7 Å². The highest BCUT2D eigenvalue weighted by Gasteiger charge is 2.14. The van der Waals surface area contributed by atoms with Crippen LogP contribution in [0.1, 0.15) is 15.4 Å². The molecule has 0 fully saturated rings. The zero-order valence-corrected chi connectivity index (χ0v) is 11.7. The van der Waals surface area contributed by atoms with Gasteiger partial charge < -0.3 is 14.3 Å². The summed E-state index contributed by atoms with van der Waals surface area (Å²) in [5.41, 5.74) is 0.621. The fraction of sp³-hybridized carbons (Fsp3) is 0.0769. The summed E-state index contributed by atoms with van der Waals surface area (Å²) in [6, 6.07) is 5.47. The van der Waals surface area contributed by atoms with E-state index in [4.69, 9.17) is 14.3 Å². The second kappa shape index (κ2) is 5.48. The first-order chi connectivity index (χ1) is 9.74. The molecule has 0 aliphatic rings. The van der Waals surface area contributed by atoms with Gasteiger partial charge in [-0.2, -0.15) is 0 Å². The number of oxazole rings is 1. The van der Waals surface area contributed by atoms with Gasteiger partial charge in [-0.25, -0.2) is 9.78 Å². The van der Waals surface area contributed by atoms with Gasteiger partial charge in [0.15, 0.2) is 4.88 Å². The summed E-state index contributed by atoms with van der Waals surface area (Å²) < 4.78 is 10.8. The predicted molar refractivity (Wildman–Crippen MR) is 75.4 cm³/mol. The topological polar surface area (TPSA) is 72.6 Å². The highest BCUT2D eigenvalue weighted by molar-refractivity contribution is 7.13. The van der Waals surface area contributed by atoms with E-state index in [1.807, 2.05) is 17.5 Å². The van der Waals surface area contributed by atoms with E-state index < -0.39 is 5.97 Å². The number of hydrogen-bond donors (Lipinski definition) is 1. The van der Waals surface area contributed by atoms with Gasteiger partial charge in [0.05, 0.1) is 4.88 Å². The van der Waals surface area contributed by atoms with Crippen LogP contribution in [-0.4, -0.2) is 16.1 Å². The van der Waals surface area contributed by atoms with Crippen LogP contribution in [0.2, 0.25) is 0 Å². The van der Waals surface area contributed by atoms with Gasteiger partial charge in [0.25, 0.3) is 0 Å². The Hall–Kier alpha value is -2.12. The minimum Gasteiger partial charge on any atom is -0.485 e. The second-order valence-corrected chi connectivity index (χ2v) is 5.69. The van der Waals surface area contributed by atoms with Gasteiger partial charge in [-0.3, -0.25) is 0 Å². The lowest BCUT2D eigenvalue weighted by atomic mass is 10.4. The fourth-order valence-electron chi connectivity index (χ4n) is 1.61. The molecule has 0 aromatic carbocycles. The molecule has 0 spiro atoms. The van der Waals surface area contributed by atoms with Crippen LogP contribution in [0.4, 0.5) is 0 Å². The molecule has 0 radical (unpaired) electrons. The molecule has 0 atom stereocenters. The number of carboxylic acid groups (broad SMARTS) is 1. The first kappa shape index (κ1) is 12.9. The van der Waals surface area contributed by atoms with Crippen LogP contribution in [0, 0.1) is 0 Å². The van der Waals surface area contributed by atoms with Crippen LogP contribution in [-0.2, 0) is 6.61 Å². The Bertz CT molecular complexity index is 714. The maximum Gasteiger partial charge on any atom is 0.349 e. The third kappa shape index (κ3) is 2.59. The van der Waals surface area contributed by atoms with Gasteiger partial charge in [-0.05, 0) is 22.9 Å². The molecule has 0 saturated heterocycles.